The molecule has 0 unspecified atom stereocenters. The van der Waals surface area contributed by atoms with Crippen LogP contribution in [-0.2, 0) is 22.6 Å². The van der Waals surface area contributed by atoms with E-state index in [4.69, 9.17) is 0 Å². The summed E-state index contributed by atoms with van der Waals surface area (Å²) >= 11 is 1.31. The molecule has 0 aliphatic rings. The summed E-state index contributed by atoms with van der Waals surface area (Å²) in [6, 6.07) is 17.1. The Morgan fingerprint density at radius 2 is 1.68 bits per heavy atom. The summed E-state index contributed by atoms with van der Waals surface area (Å²) in [5.41, 5.74) is 2.67. The molecule has 0 radical (unpaired) electrons. The van der Waals surface area contributed by atoms with E-state index >= 15 is 0 Å². The molecule has 0 atom stereocenters. The summed E-state index contributed by atoms with van der Waals surface area (Å²) < 4.78 is 1.87. The maximum atomic E-state index is 12.5. The third-order valence-corrected chi connectivity index (χ3v) is 5.64. The van der Waals surface area contributed by atoms with Gasteiger partial charge in [-0.25, -0.2) is 0 Å². The summed E-state index contributed by atoms with van der Waals surface area (Å²) in [6.45, 7) is 6.77. The van der Waals surface area contributed by atoms with Gasteiger partial charge in [0, 0.05) is 17.9 Å². The van der Waals surface area contributed by atoms with Gasteiger partial charge in [0.1, 0.15) is 5.82 Å². The minimum atomic E-state index is -0.159. The molecular formula is C23H27N5O2S. The smallest absolute Gasteiger partial charge is 0.234 e. The van der Waals surface area contributed by atoms with E-state index in [0.717, 1.165) is 16.9 Å². The number of carbonyl (C=O) groups is 2. The number of rotatable bonds is 9. The van der Waals surface area contributed by atoms with Crippen LogP contribution in [0.3, 0.4) is 0 Å². The van der Waals surface area contributed by atoms with Gasteiger partial charge in [-0.2, -0.15) is 0 Å². The third kappa shape index (κ3) is 6.18. The second-order valence-electron chi connectivity index (χ2n) is 7.31. The van der Waals surface area contributed by atoms with Crippen molar-refractivity contribution in [1.29, 1.82) is 0 Å². The van der Waals surface area contributed by atoms with Crippen LogP contribution in [-0.4, -0.2) is 32.3 Å². The molecule has 3 rings (SSSR count). The topological polar surface area (TPSA) is 88.9 Å². The van der Waals surface area contributed by atoms with Gasteiger partial charge >= 0.3 is 0 Å². The number of carbonyl (C=O) groups excluding carboxylic acids is 2. The molecule has 0 spiro atoms. The van der Waals surface area contributed by atoms with E-state index in [1.165, 1.54) is 11.8 Å². The molecule has 1 heterocycles. The summed E-state index contributed by atoms with van der Waals surface area (Å²) in [7, 11) is 0. The van der Waals surface area contributed by atoms with Crippen molar-refractivity contribution in [3.8, 4) is 0 Å². The van der Waals surface area contributed by atoms with Gasteiger partial charge < -0.3 is 15.2 Å². The lowest BCUT2D eigenvalue weighted by Gasteiger charge is -2.13. The molecule has 0 aliphatic heterocycles. The number of para-hydroxylation sites is 2. The highest BCUT2D eigenvalue weighted by atomic mass is 32.2. The molecule has 0 saturated heterocycles. The molecule has 31 heavy (non-hydrogen) atoms. The van der Waals surface area contributed by atoms with Gasteiger partial charge in [-0.3, -0.25) is 9.59 Å². The van der Waals surface area contributed by atoms with Crippen LogP contribution in [0.5, 0.6) is 0 Å². The number of aromatic nitrogens is 3. The Balaban J connectivity index is 1.59. The standard InChI is InChI=1S/C23H27N5O2S/c1-4-28-20(14-21(29)24-17-10-6-5-7-11-17)26-27-23(28)31-15-22(30)25-19-13-9-8-12-18(19)16(2)3/h5-13,16H,4,14-15H2,1-3H3,(H,24,29)(H,25,30). The Morgan fingerprint density at radius 1 is 0.968 bits per heavy atom. The lowest BCUT2D eigenvalue weighted by atomic mass is 10.0. The molecule has 2 N–H and O–H groups in total. The number of hydrogen-bond acceptors (Lipinski definition) is 5. The van der Waals surface area contributed by atoms with Gasteiger partial charge in [0.05, 0.1) is 12.2 Å². The highest BCUT2D eigenvalue weighted by Crippen LogP contribution is 2.24. The van der Waals surface area contributed by atoms with Gasteiger partial charge in [-0.15, -0.1) is 10.2 Å². The Bertz CT molecular complexity index is 1030. The van der Waals surface area contributed by atoms with E-state index in [9.17, 15) is 9.59 Å². The molecule has 1 aromatic heterocycles. The Labute approximate surface area is 186 Å². The van der Waals surface area contributed by atoms with Gasteiger partial charge in [0.2, 0.25) is 11.8 Å². The average molecular weight is 438 g/mol. The predicted octanol–water partition coefficient (Wildman–Crippen LogP) is 4.33. The number of thioether (sulfide) groups is 1. The van der Waals surface area contributed by atoms with Crippen LogP contribution in [0.2, 0.25) is 0 Å². The van der Waals surface area contributed by atoms with Crippen molar-refractivity contribution in [2.24, 2.45) is 0 Å². The summed E-state index contributed by atoms with van der Waals surface area (Å²) in [5, 5.41) is 14.8. The molecule has 8 heteroatoms. The van der Waals surface area contributed by atoms with Gasteiger partial charge in [-0.1, -0.05) is 62.0 Å². The lowest BCUT2D eigenvalue weighted by Crippen LogP contribution is -2.18. The van der Waals surface area contributed by atoms with E-state index in [0.29, 0.717) is 23.4 Å². The quantitative estimate of drug-likeness (QED) is 0.486. The molecule has 2 amide bonds. The normalized spacial score (nSPS) is 10.8. The molecule has 2 aromatic carbocycles. The first kappa shape index (κ1) is 22.6. The van der Waals surface area contributed by atoms with Crippen molar-refractivity contribution in [1.82, 2.24) is 14.8 Å². The van der Waals surface area contributed by atoms with Crippen molar-refractivity contribution < 1.29 is 9.59 Å². The second kappa shape index (κ2) is 10.8. The van der Waals surface area contributed by atoms with Crippen molar-refractivity contribution >= 4 is 35.0 Å². The van der Waals surface area contributed by atoms with Crippen LogP contribution in [0.15, 0.2) is 59.8 Å². The van der Waals surface area contributed by atoms with Crippen LogP contribution < -0.4 is 10.6 Å². The zero-order valence-corrected chi connectivity index (χ0v) is 18.8. The minimum absolute atomic E-state index is 0.105. The fraction of sp³-hybridized carbons (Fsp3) is 0.304. The van der Waals surface area contributed by atoms with E-state index in [-0.39, 0.29) is 24.0 Å². The van der Waals surface area contributed by atoms with E-state index < -0.39 is 0 Å². The van der Waals surface area contributed by atoms with Crippen LogP contribution >= 0.6 is 11.8 Å². The number of nitrogens with zero attached hydrogens (tertiary/aromatic N) is 3. The first-order valence-corrected chi connectivity index (χ1v) is 11.2. The molecule has 0 aliphatic carbocycles. The minimum Gasteiger partial charge on any atom is -0.326 e. The second-order valence-corrected chi connectivity index (χ2v) is 8.26. The zero-order valence-electron chi connectivity index (χ0n) is 18.0. The molecule has 3 aromatic rings. The van der Waals surface area contributed by atoms with Crippen LogP contribution in [0, 0.1) is 0 Å². The monoisotopic (exact) mass is 437 g/mol. The third-order valence-electron chi connectivity index (χ3n) is 4.68. The number of anilines is 2. The van der Waals surface area contributed by atoms with Crippen LogP contribution in [0.4, 0.5) is 11.4 Å². The zero-order chi connectivity index (χ0) is 22.2. The molecule has 0 saturated carbocycles. The number of nitrogens with one attached hydrogen (secondary N) is 2. The lowest BCUT2D eigenvalue weighted by molar-refractivity contribution is -0.116. The first-order valence-electron chi connectivity index (χ1n) is 10.3. The fourth-order valence-electron chi connectivity index (χ4n) is 3.18. The van der Waals surface area contributed by atoms with Gasteiger partial charge in [0.25, 0.3) is 0 Å². The van der Waals surface area contributed by atoms with Crippen molar-refractivity contribution in [2.75, 3.05) is 16.4 Å². The van der Waals surface area contributed by atoms with Crippen LogP contribution in [0.1, 0.15) is 38.1 Å². The Kier molecular flexibility index (Phi) is 7.83. The average Bonchev–Trinajstić information content (AvgIpc) is 3.14. The maximum Gasteiger partial charge on any atom is 0.234 e. The highest BCUT2D eigenvalue weighted by molar-refractivity contribution is 7.99. The number of hydrogen-bond donors (Lipinski definition) is 2. The predicted molar refractivity (Wildman–Crippen MR) is 124 cm³/mol. The van der Waals surface area contributed by atoms with Gasteiger partial charge in [-0.05, 0) is 36.6 Å². The largest absolute Gasteiger partial charge is 0.326 e. The van der Waals surface area contributed by atoms with Gasteiger partial charge in [0.15, 0.2) is 5.16 Å². The molecule has 0 bridgehead atoms. The van der Waals surface area contributed by atoms with E-state index in [1.807, 2.05) is 66.1 Å². The molecular weight excluding hydrogens is 410 g/mol. The summed E-state index contributed by atoms with van der Waals surface area (Å²) in [6.07, 6.45) is 0.115. The summed E-state index contributed by atoms with van der Waals surface area (Å²) in [5.74, 6) is 0.835. The highest BCUT2D eigenvalue weighted by Gasteiger charge is 2.16. The van der Waals surface area contributed by atoms with E-state index in [1.54, 1.807) is 0 Å². The van der Waals surface area contributed by atoms with E-state index in [2.05, 4.69) is 34.7 Å². The Morgan fingerprint density at radius 3 is 2.39 bits per heavy atom. The Hall–Kier alpha value is -3.13. The van der Waals surface area contributed by atoms with Crippen molar-refractivity contribution in [2.45, 2.75) is 44.8 Å². The summed E-state index contributed by atoms with van der Waals surface area (Å²) in [4.78, 5) is 24.8. The molecule has 162 valence electrons. The fourth-order valence-corrected chi connectivity index (χ4v) is 4.00. The molecule has 0 fully saturated rings. The van der Waals surface area contributed by atoms with Crippen LogP contribution in [0.25, 0.3) is 0 Å². The van der Waals surface area contributed by atoms with Crippen molar-refractivity contribution in [3.63, 3.8) is 0 Å². The maximum absolute atomic E-state index is 12.5. The first-order chi connectivity index (χ1) is 15.0. The SMILES string of the molecule is CCn1c(CC(=O)Nc2ccccc2)nnc1SCC(=O)Nc1ccccc1C(C)C. The number of amides is 2. The number of benzene rings is 2. The van der Waals surface area contributed by atoms with Crippen molar-refractivity contribution in [3.05, 3.63) is 66.0 Å². The molecule has 7 nitrogen and oxygen atoms in total.